The Kier molecular flexibility index (Phi) is 3.22. The summed E-state index contributed by atoms with van der Waals surface area (Å²) in [6.45, 7) is 2.07. The van der Waals surface area contributed by atoms with E-state index in [-0.39, 0.29) is 0 Å². The highest BCUT2D eigenvalue weighted by molar-refractivity contribution is 5.33. The summed E-state index contributed by atoms with van der Waals surface area (Å²) in [5.74, 6) is 0. The Morgan fingerprint density at radius 1 is 1.40 bits per heavy atom. The van der Waals surface area contributed by atoms with Gasteiger partial charge >= 0.3 is 0 Å². The minimum atomic E-state index is 0.534. The second-order valence-electron chi connectivity index (χ2n) is 3.61. The fourth-order valence-electron chi connectivity index (χ4n) is 1.80. The van der Waals surface area contributed by atoms with Gasteiger partial charge in [-0.15, -0.1) is 0 Å². The molecule has 0 saturated heterocycles. The van der Waals surface area contributed by atoms with Crippen molar-refractivity contribution >= 4 is 0 Å². The van der Waals surface area contributed by atoms with Crippen LogP contribution in [0.1, 0.15) is 16.7 Å². The first-order valence-corrected chi connectivity index (χ1v) is 5.09. The topological polar surface area (TPSA) is 58.0 Å². The molecular weight excluding hydrogens is 190 g/mol. The standard InChI is InChI=1S/C11H13N3O/c12-14-13-5-3-9-1-2-11-8-15-6-4-10(11)7-9/h1-2,7H,3-6,8H2. The lowest BCUT2D eigenvalue weighted by Crippen LogP contribution is -2.10. The maximum absolute atomic E-state index is 8.18. The normalized spacial score (nSPS) is 14.1. The summed E-state index contributed by atoms with van der Waals surface area (Å²) < 4.78 is 5.37. The molecule has 4 nitrogen and oxygen atoms in total. The average Bonchev–Trinajstić information content (AvgIpc) is 2.29. The lowest BCUT2D eigenvalue weighted by Gasteiger charge is -2.17. The first-order chi connectivity index (χ1) is 7.40. The number of ether oxygens (including phenoxy) is 1. The highest BCUT2D eigenvalue weighted by Gasteiger charge is 2.09. The van der Waals surface area contributed by atoms with E-state index >= 15 is 0 Å². The number of hydrogen-bond acceptors (Lipinski definition) is 2. The van der Waals surface area contributed by atoms with Crippen molar-refractivity contribution in [3.05, 3.63) is 45.3 Å². The number of hydrogen-bond donors (Lipinski definition) is 0. The smallest absolute Gasteiger partial charge is 0.0719 e. The molecule has 0 saturated carbocycles. The van der Waals surface area contributed by atoms with E-state index in [1.807, 2.05) is 0 Å². The summed E-state index contributed by atoms with van der Waals surface area (Å²) in [6, 6.07) is 6.39. The van der Waals surface area contributed by atoms with Crippen LogP contribution in [0, 0.1) is 0 Å². The van der Waals surface area contributed by atoms with Gasteiger partial charge in [0.1, 0.15) is 0 Å². The van der Waals surface area contributed by atoms with Crippen LogP contribution in [0.25, 0.3) is 10.4 Å². The van der Waals surface area contributed by atoms with Crippen LogP contribution in [-0.4, -0.2) is 13.2 Å². The van der Waals surface area contributed by atoms with Gasteiger partial charge in [0, 0.05) is 11.5 Å². The zero-order valence-electron chi connectivity index (χ0n) is 8.52. The van der Waals surface area contributed by atoms with Gasteiger partial charge in [-0.1, -0.05) is 23.3 Å². The van der Waals surface area contributed by atoms with Crippen molar-refractivity contribution in [3.8, 4) is 0 Å². The minimum Gasteiger partial charge on any atom is -0.376 e. The molecule has 0 bridgehead atoms. The van der Waals surface area contributed by atoms with E-state index in [0.29, 0.717) is 6.54 Å². The van der Waals surface area contributed by atoms with Gasteiger partial charge in [-0.05, 0) is 35.1 Å². The van der Waals surface area contributed by atoms with Crippen LogP contribution >= 0.6 is 0 Å². The molecule has 1 aromatic rings. The first-order valence-electron chi connectivity index (χ1n) is 5.09. The van der Waals surface area contributed by atoms with Gasteiger partial charge in [-0.25, -0.2) is 0 Å². The molecule has 78 valence electrons. The highest BCUT2D eigenvalue weighted by Crippen LogP contribution is 2.18. The number of azide groups is 1. The van der Waals surface area contributed by atoms with Gasteiger partial charge < -0.3 is 4.74 Å². The van der Waals surface area contributed by atoms with Gasteiger partial charge in [0.25, 0.3) is 0 Å². The molecule has 0 atom stereocenters. The summed E-state index contributed by atoms with van der Waals surface area (Å²) in [5, 5.41) is 3.54. The van der Waals surface area contributed by atoms with E-state index in [1.165, 1.54) is 16.7 Å². The number of fused-ring (bicyclic) bond motifs is 1. The molecule has 2 rings (SSSR count). The molecule has 0 unspecified atom stereocenters. The fourth-order valence-corrected chi connectivity index (χ4v) is 1.80. The van der Waals surface area contributed by atoms with E-state index in [2.05, 4.69) is 28.2 Å². The van der Waals surface area contributed by atoms with E-state index < -0.39 is 0 Å². The second-order valence-corrected chi connectivity index (χ2v) is 3.61. The van der Waals surface area contributed by atoms with Gasteiger partial charge in [-0.3, -0.25) is 0 Å². The lowest BCUT2D eigenvalue weighted by molar-refractivity contribution is 0.110. The van der Waals surface area contributed by atoms with Crippen LogP contribution in [0.5, 0.6) is 0 Å². The van der Waals surface area contributed by atoms with E-state index in [4.69, 9.17) is 10.3 Å². The molecule has 0 spiro atoms. The number of benzene rings is 1. The number of rotatable bonds is 3. The summed E-state index contributed by atoms with van der Waals surface area (Å²) in [4.78, 5) is 2.74. The van der Waals surface area contributed by atoms with Crippen molar-refractivity contribution in [1.82, 2.24) is 0 Å². The van der Waals surface area contributed by atoms with Crippen LogP contribution in [0.2, 0.25) is 0 Å². The predicted octanol–water partition coefficient (Wildman–Crippen LogP) is 2.61. The summed E-state index contributed by atoms with van der Waals surface area (Å²) >= 11 is 0. The third-order valence-corrected chi connectivity index (χ3v) is 2.61. The molecule has 15 heavy (non-hydrogen) atoms. The third kappa shape index (κ3) is 2.49. The van der Waals surface area contributed by atoms with Crippen molar-refractivity contribution in [2.75, 3.05) is 13.2 Å². The molecule has 0 aromatic heterocycles. The van der Waals surface area contributed by atoms with Gasteiger partial charge in [0.2, 0.25) is 0 Å². The Bertz CT molecular complexity index is 397. The molecule has 4 heteroatoms. The summed E-state index contributed by atoms with van der Waals surface area (Å²) in [5.41, 5.74) is 12.1. The van der Waals surface area contributed by atoms with Crippen LogP contribution in [0.4, 0.5) is 0 Å². The van der Waals surface area contributed by atoms with E-state index in [1.54, 1.807) is 0 Å². The van der Waals surface area contributed by atoms with Gasteiger partial charge in [0.05, 0.1) is 13.2 Å². The van der Waals surface area contributed by atoms with Crippen LogP contribution in [-0.2, 0) is 24.2 Å². The molecule has 1 heterocycles. The minimum absolute atomic E-state index is 0.534. The Morgan fingerprint density at radius 3 is 3.20 bits per heavy atom. The number of nitrogens with zero attached hydrogens (tertiary/aromatic N) is 3. The third-order valence-electron chi connectivity index (χ3n) is 2.61. The quantitative estimate of drug-likeness (QED) is 0.423. The Morgan fingerprint density at radius 2 is 2.33 bits per heavy atom. The molecule has 1 aromatic carbocycles. The molecule has 0 amide bonds. The van der Waals surface area contributed by atoms with Crippen molar-refractivity contribution in [1.29, 1.82) is 0 Å². The predicted molar refractivity (Wildman–Crippen MR) is 57.5 cm³/mol. The Labute approximate surface area is 88.5 Å². The Hall–Kier alpha value is -1.51. The van der Waals surface area contributed by atoms with Gasteiger partial charge in [-0.2, -0.15) is 0 Å². The molecule has 0 fully saturated rings. The summed E-state index contributed by atoms with van der Waals surface area (Å²) in [7, 11) is 0. The molecule has 1 aliphatic rings. The van der Waals surface area contributed by atoms with Crippen molar-refractivity contribution < 1.29 is 4.74 Å². The SMILES string of the molecule is [N-]=[N+]=NCCc1ccc2c(c1)CCOC2. The average molecular weight is 203 g/mol. The molecular formula is C11H13N3O. The van der Waals surface area contributed by atoms with Crippen LogP contribution < -0.4 is 0 Å². The van der Waals surface area contributed by atoms with Crippen LogP contribution in [0.3, 0.4) is 0 Å². The maximum atomic E-state index is 8.18. The van der Waals surface area contributed by atoms with Crippen molar-refractivity contribution in [2.45, 2.75) is 19.4 Å². The molecule has 0 N–H and O–H groups in total. The van der Waals surface area contributed by atoms with E-state index in [9.17, 15) is 0 Å². The van der Waals surface area contributed by atoms with Crippen molar-refractivity contribution in [2.24, 2.45) is 5.11 Å². The first kappa shape index (κ1) is 10.0. The maximum Gasteiger partial charge on any atom is 0.0719 e. The van der Waals surface area contributed by atoms with E-state index in [0.717, 1.165) is 26.1 Å². The van der Waals surface area contributed by atoms with Crippen molar-refractivity contribution in [3.63, 3.8) is 0 Å². The zero-order chi connectivity index (χ0) is 10.5. The van der Waals surface area contributed by atoms with Gasteiger partial charge in [0.15, 0.2) is 0 Å². The fraction of sp³-hybridized carbons (Fsp3) is 0.455. The molecule has 1 aliphatic heterocycles. The largest absolute Gasteiger partial charge is 0.376 e. The monoisotopic (exact) mass is 203 g/mol. The Balaban J connectivity index is 2.09. The highest BCUT2D eigenvalue weighted by atomic mass is 16.5. The molecule has 0 aliphatic carbocycles. The zero-order valence-corrected chi connectivity index (χ0v) is 8.52. The second kappa shape index (κ2) is 4.82. The summed E-state index contributed by atoms with van der Waals surface area (Å²) in [6.07, 6.45) is 1.81. The van der Waals surface area contributed by atoms with Crippen LogP contribution in [0.15, 0.2) is 23.3 Å². The molecule has 0 radical (unpaired) electrons. The lowest BCUT2D eigenvalue weighted by atomic mass is 9.99.